The third-order valence-electron chi connectivity index (χ3n) is 2.35. The SMILES string of the molecule is COc1cc(/C=C(\C#N)C(=O)O)cc(OC)c1OC. The van der Waals surface area contributed by atoms with Crippen molar-refractivity contribution >= 4 is 12.0 Å². The van der Waals surface area contributed by atoms with E-state index in [1.165, 1.54) is 27.4 Å². The molecule has 0 aliphatic carbocycles. The van der Waals surface area contributed by atoms with Crippen LogP contribution in [0.25, 0.3) is 6.08 Å². The zero-order valence-electron chi connectivity index (χ0n) is 10.8. The number of nitriles is 1. The Kier molecular flexibility index (Phi) is 4.77. The fourth-order valence-corrected chi connectivity index (χ4v) is 1.49. The van der Waals surface area contributed by atoms with Crippen LogP contribution in [-0.2, 0) is 4.79 Å². The van der Waals surface area contributed by atoms with E-state index in [-0.39, 0.29) is 5.57 Å². The number of benzene rings is 1. The lowest BCUT2D eigenvalue weighted by molar-refractivity contribution is -0.132. The molecule has 0 aliphatic rings. The molecule has 0 saturated carbocycles. The molecule has 0 spiro atoms. The van der Waals surface area contributed by atoms with Crippen LogP contribution < -0.4 is 14.2 Å². The predicted molar refractivity (Wildman–Crippen MR) is 67.3 cm³/mol. The minimum absolute atomic E-state index is 0.380. The van der Waals surface area contributed by atoms with Crippen LogP contribution >= 0.6 is 0 Å². The zero-order chi connectivity index (χ0) is 14.4. The first-order valence-electron chi connectivity index (χ1n) is 5.22. The molecule has 0 saturated heterocycles. The van der Waals surface area contributed by atoms with Gasteiger partial charge in [0.2, 0.25) is 5.75 Å². The maximum Gasteiger partial charge on any atom is 0.346 e. The van der Waals surface area contributed by atoms with Gasteiger partial charge in [0.05, 0.1) is 21.3 Å². The molecule has 19 heavy (non-hydrogen) atoms. The van der Waals surface area contributed by atoms with E-state index >= 15 is 0 Å². The van der Waals surface area contributed by atoms with Gasteiger partial charge >= 0.3 is 5.97 Å². The highest BCUT2D eigenvalue weighted by atomic mass is 16.5. The molecule has 100 valence electrons. The summed E-state index contributed by atoms with van der Waals surface area (Å²) in [6, 6.07) is 4.72. The van der Waals surface area contributed by atoms with Crippen molar-refractivity contribution in [2.24, 2.45) is 0 Å². The fraction of sp³-hybridized carbons (Fsp3) is 0.231. The maximum atomic E-state index is 10.8. The van der Waals surface area contributed by atoms with Crippen LogP contribution in [0.1, 0.15) is 5.56 Å². The van der Waals surface area contributed by atoms with Crippen LogP contribution in [0.2, 0.25) is 0 Å². The Balaban J connectivity index is 3.39. The van der Waals surface area contributed by atoms with E-state index in [0.29, 0.717) is 22.8 Å². The second-order valence-corrected chi connectivity index (χ2v) is 3.43. The molecule has 6 nitrogen and oxygen atoms in total. The van der Waals surface area contributed by atoms with Crippen molar-refractivity contribution in [3.8, 4) is 23.3 Å². The van der Waals surface area contributed by atoms with Gasteiger partial charge in [-0.05, 0) is 23.8 Å². The summed E-state index contributed by atoms with van der Waals surface area (Å²) in [5, 5.41) is 17.5. The Bertz CT molecular complexity index is 532. The molecule has 0 unspecified atom stereocenters. The molecular formula is C13H13NO5. The minimum atomic E-state index is -1.30. The normalized spacial score (nSPS) is 10.5. The van der Waals surface area contributed by atoms with Crippen molar-refractivity contribution in [2.45, 2.75) is 0 Å². The standard InChI is InChI=1S/C13H13NO5/c1-17-10-5-8(4-9(7-14)13(15)16)6-11(18-2)12(10)19-3/h4-6H,1-3H3,(H,15,16)/b9-4+. The van der Waals surface area contributed by atoms with Gasteiger partial charge in [0.15, 0.2) is 11.5 Å². The van der Waals surface area contributed by atoms with Crippen molar-refractivity contribution in [1.82, 2.24) is 0 Å². The molecule has 1 aromatic carbocycles. The number of carboxylic acid groups (broad SMARTS) is 1. The number of carbonyl (C=O) groups is 1. The van der Waals surface area contributed by atoms with Crippen LogP contribution in [0.15, 0.2) is 17.7 Å². The van der Waals surface area contributed by atoms with E-state index in [1.807, 2.05) is 0 Å². The van der Waals surface area contributed by atoms with E-state index in [9.17, 15) is 4.79 Å². The van der Waals surface area contributed by atoms with E-state index in [1.54, 1.807) is 18.2 Å². The summed E-state index contributed by atoms with van der Waals surface area (Å²) >= 11 is 0. The molecule has 0 fully saturated rings. The first kappa shape index (κ1) is 14.4. The van der Waals surface area contributed by atoms with E-state index in [0.717, 1.165) is 0 Å². The summed E-state index contributed by atoms with van der Waals surface area (Å²) in [7, 11) is 4.37. The minimum Gasteiger partial charge on any atom is -0.493 e. The molecule has 0 aliphatic heterocycles. The van der Waals surface area contributed by atoms with E-state index < -0.39 is 5.97 Å². The molecule has 0 radical (unpaired) electrons. The molecule has 0 atom stereocenters. The molecule has 1 aromatic rings. The average Bonchev–Trinajstić information content (AvgIpc) is 2.42. The van der Waals surface area contributed by atoms with Gasteiger partial charge in [-0.3, -0.25) is 0 Å². The summed E-state index contributed by atoms with van der Waals surface area (Å²) < 4.78 is 15.4. The first-order valence-corrected chi connectivity index (χ1v) is 5.22. The topological polar surface area (TPSA) is 88.8 Å². The largest absolute Gasteiger partial charge is 0.493 e. The van der Waals surface area contributed by atoms with Gasteiger partial charge in [0.1, 0.15) is 11.6 Å². The highest BCUT2D eigenvalue weighted by molar-refractivity contribution is 5.96. The number of methoxy groups -OCH3 is 3. The van der Waals surface area contributed by atoms with Crippen molar-refractivity contribution in [3.63, 3.8) is 0 Å². The molecule has 0 aromatic heterocycles. The quantitative estimate of drug-likeness (QED) is 0.642. The third-order valence-corrected chi connectivity index (χ3v) is 2.35. The van der Waals surface area contributed by atoms with Gasteiger partial charge in [-0.1, -0.05) is 0 Å². The number of carboxylic acids is 1. The first-order chi connectivity index (χ1) is 9.07. The van der Waals surface area contributed by atoms with Crippen molar-refractivity contribution < 1.29 is 24.1 Å². The lowest BCUT2D eigenvalue weighted by Gasteiger charge is -2.12. The third kappa shape index (κ3) is 3.16. The summed E-state index contributed by atoms with van der Waals surface area (Å²) in [6.07, 6.45) is 1.23. The van der Waals surface area contributed by atoms with Crippen molar-refractivity contribution in [3.05, 3.63) is 23.3 Å². The number of ether oxygens (including phenoxy) is 3. The highest BCUT2D eigenvalue weighted by Crippen LogP contribution is 2.38. The van der Waals surface area contributed by atoms with E-state index in [4.69, 9.17) is 24.6 Å². The molecule has 6 heteroatoms. The predicted octanol–water partition coefficient (Wildman–Crippen LogP) is 1.70. The second-order valence-electron chi connectivity index (χ2n) is 3.43. The Morgan fingerprint density at radius 2 is 1.74 bits per heavy atom. The number of rotatable bonds is 5. The Labute approximate surface area is 110 Å². The van der Waals surface area contributed by atoms with Gasteiger partial charge in [-0.2, -0.15) is 5.26 Å². The number of nitrogens with zero attached hydrogens (tertiary/aromatic N) is 1. The molecule has 0 heterocycles. The summed E-state index contributed by atoms with van der Waals surface area (Å²) in [5.74, 6) is -0.126. The highest BCUT2D eigenvalue weighted by Gasteiger charge is 2.14. The molecule has 0 amide bonds. The summed E-state index contributed by atoms with van der Waals surface area (Å²) in [5.41, 5.74) is 0.0859. The maximum absolute atomic E-state index is 10.8. The van der Waals surface area contributed by atoms with Gasteiger partial charge in [-0.15, -0.1) is 0 Å². The van der Waals surface area contributed by atoms with E-state index in [2.05, 4.69) is 0 Å². The lowest BCUT2D eigenvalue weighted by Crippen LogP contribution is -1.99. The molecular weight excluding hydrogens is 250 g/mol. The van der Waals surface area contributed by atoms with Crippen LogP contribution in [0.5, 0.6) is 17.2 Å². The summed E-state index contributed by atoms with van der Waals surface area (Å²) in [4.78, 5) is 10.8. The van der Waals surface area contributed by atoms with Crippen LogP contribution in [0, 0.1) is 11.3 Å². The smallest absolute Gasteiger partial charge is 0.346 e. The van der Waals surface area contributed by atoms with Crippen LogP contribution in [-0.4, -0.2) is 32.4 Å². The molecule has 1 rings (SSSR count). The Morgan fingerprint density at radius 3 is 2.05 bits per heavy atom. The van der Waals surface area contributed by atoms with Crippen molar-refractivity contribution in [1.29, 1.82) is 5.26 Å². The van der Waals surface area contributed by atoms with Gasteiger partial charge in [0, 0.05) is 0 Å². The molecule has 0 bridgehead atoms. The number of hydrogen-bond acceptors (Lipinski definition) is 5. The van der Waals surface area contributed by atoms with Crippen molar-refractivity contribution in [2.75, 3.05) is 21.3 Å². The molecule has 1 N–H and O–H groups in total. The van der Waals surface area contributed by atoms with Crippen LogP contribution in [0.3, 0.4) is 0 Å². The number of hydrogen-bond donors (Lipinski definition) is 1. The lowest BCUT2D eigenvalue weighted by atomic mass is 10.1. The number of aliphatic carboxylic acids is 1. The van der Waals surface area contributed by atoms with Crippen LogP contribution in [0.4, 0.5) is 0 Å². The Hall–Kier alpha value is -2.68. The summed E-state index contributed by atoms with van der Waals surface area (Å²) in [6.45, 7) is 0. The Morgan fingerprint density at radius 1 is 1.21 bits per heavy atom. The average molecular weight is 263 g/mol. The van der Waals surface area contributed by atoms with Gasteiger partial charge in [-0.25, -0.2) is 4.79 Å². The monoisotopic (exact) mass is 263 g/mol. The zero-order valence-corrected chi connectivity index (χ0v) is 10.8. The van der Waals surface area contributed by atoms with Gasteiger partial charge in [0.25, 0.3) is 0 Å². The second kappa shape index (κ2) is 6.31. The fourth-order valence-electron chi connectivity index (χ4n) is 1.49. The van der Waals surface area contributed by atoms with Gasteiger partial charge < -0.3 is 19.3 Å².